The molecule has 0 aliphatic heterocycles. The summed E-state index contributed by atoms with van der Waals surface area (Å²) in [4.78, 5) is 2.57. The predicted octanol–water partition coefficient (Wildman–Crippen LogP) is 2.78. The summed E-state index contributed by atoms with van der Waals surface area (Å²) in [7, 11) is 0. The molecule has 3 heteroatoms. The van der Waals surface area contributed by atoms with Gasteiger partial charge in [0.1, 0.15) is 0 Å². The van der Waals surface area contributed by atoms with E-state index in [0.29, 0.717) is 0 Å². The van der Waals surface area contributed by atoms with Gasteiger partial charge in [0.25, 0.3) is 0 Å². The van der Waals surface area contributed by atoms with Crippen LogP contribution in [0.15, 0.2) is 0 Å². The van der Waals surface area contributed by atoms with Crippen LogP contribution in [-0.2, 0) is 4.74 Å². The lowest BCUT2D eigenvalue weighted by Crippen LogP contribution is -2.47. The zero-order valence-corrected chi connectivity index (χ0v) is 12.9. The molecular weight excluding hydrogens is 224 g/mol. The first-order valence-electron chi connectivity index (χ1n) is 7.51. The van der Waals surface area contributed by atoms with E-state index >= 15 is 0 Å². The Morgan fingerprint density at radius 2 is 1.94 bits per heavy atom. The highest BCUT2D eigenvalue weighted by Gasteiger charge is 2.31. The molecule has 108 valence electrons. The Bertz CT molecular complexity index is 233. The van der Waals surface area contributed by atoms with Gasteiger partial charge in [-0.2, -0.15) is 0 Å². The third-order valence-corrected chi connectivity index (χ3v) is 3.45. The molecule has 0 aromatic heterocycles. The van der Waals surface area contributed by atoms with Gasteiger partial charge in [0, 0.05) is 18.6 Å². The number of hydrogen-bond donors (Lipinski definition) is 1. The van der Waals surface area contributed by atoms with Crippen LogP contribution in [0.2, 0.25) is 0 Å². The highest BCUT2D eigenvalue weighted by Crippen LogP contribution is 2.27. The average molecular weight is 256 g/mol. The normalized spacial score (nSPS) is 20.2. The van der Waals surface area contributed by atoms with Crippen LogP contribution in [0.5, 0.6) is 0 Å². The van der Waals surface area contributed by atoms with Gasteiger partial charge in [-0.15, -0.1) is 0 Å². The molecule has 0 unspecified atom stereocenters. The van der Waals surface area contributed by atoms with Crippen LogP contribution in [0.1, 0.15) is 60.3 Å². The third kappa shape index (κ3) is 6.17. The van der Waals surface area contributed by atoms with E-state index in [2.05, 4.69) is 39.5 Å². The van der Waals surface area contributed by atoms with Gasteiger partial charge in [0.15, 0.2) is 0 Å². The summed E-state index contributed by atoms with van der Waals surface area (Å²) in [5, 5.41) is 0. The Labute approximate surface area is 113 Å². The lowest BCUT2D eigenvalue weighted by molar-refractivity contribution is -0.0648. The van der Waals surface area contributed by atoms with Gasteiger partial charge in [-0.25, -0.2) is 0 Å². The summed E-state index contributed by atoms with van der Waals surface area (Å²) in [6, 6.07) is 0.908. The maximum atomic E-state index is 6.30. The zero-order valence-electron chi connectivity index (χ0n) is 12.9. The van der Waals surface area contributed by atoms with Crippen LogP contribution in [-0.4, -0.2) is 41.8 Å². The van der Waals surface area contributed by atoms with Crippen LogP contribution in [0.25, 0.3) is 0 Å². The van der Waals surface area contributed by atoms with Crippen molar-refractivity contribution in [3.63, 3.8) is 0 Å². The Balaban J connectivity index is 2.37. The topological polar surface area (TPSA) is 38.5 Å². The van der Waals surface area contributed by atoms with Gasteiger partial charge in [-0.05, 0) is 53.5 Å². The Hall–Kier alpha value is -0.120. The van der Waals surface area contributed by atoms with Gasteiger partial charge < -0.3 is 10.5 Å². The second kappa shape index (κ2) is 6.88. The van der Waals surface area contributed by atoms with Crippen molar-refractivity contribution in [1.82, 2.24) is 4.90 Å². The van der Waals surface area contributed by atoms with E-state index in [1.807, 2.05) is 0 Å². The van der Waals surface area contributed by atoms with E-state index in [-0.39, 0.29) is 17.7 Å². The van der Waals surface area contributed by atoms with E-state index < -0.39 is 0 Å². The lowest BCUT2D eigenvalue weighted by atomic mass is 10.1. The van der Waals surface area contributed by atoms with Gasteiger partial charge in [-0.1, -0.05) is 13.3 Å². The van der Waals surface area contributed by atoms with Crippen molar-refractivity contribution in [1.29, 1.82) is 0 Å². The summed E-state index contributed by atoms with van der Waals surface area (Å²) < 4.78 is 5.95. The van der Waals surface area contributed by atoms with E-state index in [1.54, 1.807) is 0 Å². The molecule has 1 rings (SSSR count). The second-order valence-electron chi connectivity index (χ2n) is 6.68. The third-order valence-electron chi connectivity index (χ3n) is 3.45. The number of nitrogens with two attached hydrogens (primary N) is 1. The Morgan fingerprint density at radius 1 is 1.33 bits per heavy atom. The van der Waals surface area contributed by atoms with Crippen molar-refractivity contribution in [3.8, 4) is 0 Å². The molecule has 0 radical (unpaired) electrons. The number of nitrogens with zero attached hydrogens (tertiary/aromatic N) is 1. The molecule has 18 heavy (non-hydrogen) atoms. The fraction of sp³-hybridized carbons (Fsp3) is 1.00. The summed E-state index contributed by atoms with van der Waals surface area (Å²) >= 11 is 0. The highest BCUT2D eigenvalue weighted by atomic mass is 16.5. The highest BCUT2D eigenvalue weighted by molar-refractivity contribution is 4.87. The molecule has 0 heterocycles. The zero-order chi connectivity index (χ0) is 13.8. The van der Waals surface area contributed by atoms with Crippen LogP contribution in [0, 0.1) is 0 Å². The molecule has 0 bridgehead atoms. The number of unbranched alkanes of at least 4 members (excludes halogenated alkanes) is 1. The van der Waals surface area contributed by atoms with Crippen LogP contribution < -0.4 is 5.73 Å². The van der Waals surface area contributed by atoms with E-state index in [4.69, 9.17) is 10.5 Å². The summed E-state index contributed by atoms with van der Waals surface area (Å²) in [6.45, 7) is 12.8. The maximum absolute atomic E-state index is 6.30. The SMILES string of the molecule is CCCCN(C[C@@H](N)[C@@H](C)OC(C)(C)C)C1CC1. The molecule has 1 aliphatic carbocycles. The van der Waals surface area contributed by atoms with E-state index in [0.717, 1.165) is 12.6 Å². The van der Waals surface area contributed by atoms with Crippen LogP contribution in [0.4, 0.5) is 0 Å². The molecule has 1 saturated carbocycles. The second-order valence-corrected chi connectivity index (χ2v) is 6.68. The lowest BCUT2D eigenvalue weighted by Gasteiger charge is -2.32. The van der Waals surface area contributed by atoms with Crippen molar-refractivity contribution in [3.05, 3.63) is 0 Å². The number of rotatable bonds is 8. The largest absolute Gasteiger partial charge is 0.371 e. The Morgan fingerprint density at radius 3 is 2.39 bits per heavy atom. The van der Waals surface area contributed by atoms with E-state index in [1.165, 1.54) is 32.2 Å². The molecule has 1 aliphatic rings. The Kier molecular flexibility index (Phi) is 6.09. The molecule has 0 saturated heterocycles. The van der Waals surface area contributed by atoms with Crippen molar-refractivity contribution in [2.75, 3.05) is 13.1 Å². The van der Waals surface area contributed by atoms with Gasteiger partial charge in [0.05, 0.1) is 11.7 Å². The van der Waals surface area contributed by atoms with Crippen molar-refractivity contribution in [2.45, 2.75) is 84.1 Å². The van der Waals surface area contributed by atoms with Crippen molar-refractivity contribution >= 4 is 0 Å². The van der Waals surface area contributed by atoms with E-state index in [9.17, 15) is 0 Å². The van der Waals surface area contributed by atoms with Gasteiger partial charge >= 0.3 is 0 Å². The summed E-state index contributed by atoms with van der Waals surface area (Å²) in [6.07, 6.45) is 5.35. The molecule has 0 amide bonds. The molecule has 0 aromatic carbocycles. The molecular formula is C15H32N2O. The molecule has 1 fully saturated rings. The number of ether oxygens (including phenoxy) is 1. The fourth-order valence-electron chi connectivity index (χ4n) is 2.29. The molecule has 3 nitrogen and oxygen atoms in total. The maximum Gasteiger partial charge on any atom is 0.0717 e. The number of hydrogen-bond acceptors (Lipinski definition) is 3. The summed E-state index contributed by atoms with van der Waals surface area (Å²) in [5.74, 6) is 0. The minimum absolute atomic E-state index is 0.106. The first kappa shape index (κ1) is 15.9. The quantitative estimate of drug-likeness (QED) is 0.726. The average Bonchev–Trinajstić information content (AvgIpc) is 3.05. The first-order chi connectivity index (χ1) is 8.33. The first-order valence-corrected chi connectivity index (χ1v) is 7.51. The monoisotopic (exact) mass is 256 g/mol. The molecule has 2 atom stereocenters. The minimum Gasteiger partial charge on any atom is -0.371 e. The molecule has 2 N–H and O–H groups in total. The van der Waals surface area contributed by atoms with Gasteiger partial charge in [-0.3, -0.25) is 4.90 Å². The van der Waals surface area contributed by atoms with Gasteiger partial charge in [0.2, 0.25) is 0 Å². The predicted molar refractivity (Wildman–Crippen MR) is 77.8 cm³/mol. The standard InChI is InChI=1S/C15H32N2O/c1-6-7-10-17(13-8-9-13)11-14(16)12(2)18-15(3,4)5/h12-14H,6-11,16H2,1-5H3/t12-,14-/m1/s1. The van der Waals surface area contributed by atoms with Crippen molar-refractivity contribution in [2.24, 2.45) is 5.73 Å². The smallest absolute Gasteiger partial charge is 0.0717 e. The molecule has 0 aromatic rings. The minimum atomic E-state index is -0.106. The van der Waals surface area contributed by atoms with Crippen LogP contribution >= 0.6 is 0 Å². The summed E-state index contributed by atoms with van der Waals surface area (Å²) in [5.41, 5.74) is 6.19. The van der Waals surface area contributed by atoms with Crippen LogP contribution in [0.3, 0.4) is 0 Å². The molecule has 0 spiro atoms. The van der Waals surface area contributed by atoms with Crippen molar-refractivity contribution < 1.29 is 4.74 Å². The fourth-order valence-corrected chi connectivity index (χ4v) is 2.29.